The number of rotatable bonds is 10. The summed E-state index contributed by atoms with van der Waals surface area (Å²) in [4.78, 5) is 24.7. The molecule has 0 heterocycles. The number of methoxy groups -OCH3 is 1. The van der Waals surface area contributed by atoms with Crippen molar-refractivity contribution in [3.8, 4) is 11.5 Å². The molecule has 1 atom stereocenters. The Bertz CT molecular complexity index is 804. The fourth-order valence-corrected chi connectivity index (χ4v) is 2.95. The fraction of sp³-hybridized carbons (Fsp3) is 0.391. The molecule has 2 aromatic carbocycles. The zero-order chi connectivity index (χ0) is 21.2. The standard InChI is InChI=1S/C23H29NO5/c1-5-28-20-12-11-18(14-21(20)27-4)23(26)29-15-22(25)24-19(13-16(2)3)17-9-7-6-8-10-17/h6-12,14,16,19H,5,13,15H2,1-4H3,(H,24,25)/t19-/m0/s1. The Balaban J connectivity index is 1.97. The maximum absolute atomic E-state index is 12.4. The molecule has 6 heteroatoms. The Morgan fingerprint density at radius 1 is 1.03 bits per heavy atom. The van der Waals surface area contributed by atoms with Gasteiger partial charge in [-0.2, -0.15) is 0 Å². The molecule has 29 heavy (non-hydrogen) atoms. The monoisotopic (exact) mass is 399 g/mol. The highest BCUT2D eigenvalue weighted by Gasteiger charge is 2.18. The van der Waals surface area contributed by atoms with E-state index in [9.17, 15) is 9.59 Å². The second kappa shape index (κ2) is 11.1. The van der Waals surface area contributed by atoms with E-state index < -0.39 is 5.97 Å². The number of benzene rings is 2. The van der Waals surface area contributed by atoms with E-state index in [0.717, 1.165) is 12.0 Å². The molecule has 0 unspecified atom stereocenters. The van der Waals surface area contributed by atoms with Crippen molar-refractivity contribution in [3.05, 3.63) is 59.7 Å². The summed E-state index contributed by atoms with van der Waals surface area (Å²) in [6, 6.07) is 14.4. The summed E-state index contributed by atoms with van der Waals surface area (Å²) in [7, 11) is 1.50. The summed E-state index contributed by atoms with van der Waals surface area (Å²) in [6.07, 6.45) is 0.791. The van der Waals surface area contributed by atoms with Crippen molar-refractivity contribution in [2.24, 2.45) is 5.92 Å². The van der Waals surface area contributed by atoms with E-state index in [1.807, 2.05) is 37.3 Å². The Hall–Kier alpha value is -3.02. The number of ether oxygens (including phenoxy) is 3. The van der Waals surface area contributed by atoms with Crippen LogP contribution in [0.1, 0.15) is 49.2 Å². The maximum Gasteiger partial charge on any atom is 0.338 e. The third-order valence-corrected chi connectivity index (χ3v) is 4.28. The van der Waals surface area contributed by atoms with Gasteiger partial charge in [-0.1, -0.05) is 44.2 Å². The number of carbonyl (C=O) groups is 2. The number of esters is 1. The van der Waals surface area contributed by atoms with Gasteiger partial charge in [0.15, 0.2) is 18.1 Å². The summed E-state index contributed by atoms with van der Waals surface area (Å²) in [5, 5.41) is 2.96. The Labute approximate surface area is 172 Å². The second-order valence-corrected chi connectivity index (χ2v) is 7.04. The third-order valence-electron chi connectivity index (χ3n) is 4.28. The average molecular weight is 399 g/mol. The largest absolute Gasteiger partial charge is 0.493 e. The van der Waals surface area contributed by atoms with E-state index >= 15 is 0 Å². The molecule has 0 spiro atoms. The molecule has 6 nitrogen and oxygen atoms in total. The zero-order valence-corrected chi connectivity index (χ0v) is 17.4. The first-order valence-corrected chi connectivity index (χ1v) is 9.76. The summed E-state index contributed by atoms with van der Waals surface area (Å²) in [6.45, 7) is 6.19. The van der Waals surface area contributed by atoms with Crippen molar-refractivity contribution >= 4 is 11.9 Å². The quantitative estimate of drug-likeness (QED) is 0.608. The van der Waals surface area contributed by atoms with Crippen molar-refractivity contribution < 1.29 is 23.8 Å². The van der Waals surface area contributed by atoms with E-state index in [0.29, 0.717) is 29.6 Å². The van der Waals surface area contributed by atoms with Crippen LogP contribution in [-0.4, -0.2) is 32.2 Å². The van der Waals surface area contributed by atoms with Gasteiger partial charge in [0, 0.05) is 0 Å². The molecule has 0 aliphatic carbocycles. The highest BCUT2D eigenvalue weighted by Crippen LogP contribution is 2.28. The smallest absolute Gasteiger partial charge is 0.338 e. The Morgan fingerprint density at radius 3 is 2.38 bits per heavy atom. The van der Waals surface area contributed by atoms with Crippen LogP contribution in [0.4, 0.5) is 0 Å². The highest BCUT2D eigenvalue weighted by molar-refractivity contribution is 5.92. The molecule has 0 aliphatic heterocycles. The SMILES string of the molecule is CCOc1ccc(C(=O)OCC(=O)N[C@@H](CC(C)C)c2ccccc2)cc1OC. The lowest BCUT2D eigenvalue weighted by atomic mass is 9.97. The van der Waals surface area contributed by atoms with Gasteiger partial charge in [-0.15, -0.1) is 0 Å². The lowest BCUT2D eigenvalue weighted by molar-refractivity contribution is -0.125. The summed E-state index contributed by atoms with van der Waals surface area (Å²) in [5.74, 6) is 0.447. The molecule has 156 valence electrons. The second-order valence-electron chi connectivity index (χ2n) is 7.04. The highest BCUT2D eigenvalue weighted by atomic mass is 16.5. The van der Waals surface area contributed by atoms with Gasteiger partial charge in [-0.05, 0) is 43.0 Å². The lowest BCUT2D eigenvalue weighted by Crippen LogP contribution is -2.33. The molecule has 1 amide bonds. The van der Waals surface area contributed by atoms with Gasteiger partial charge in [0.25, 0.3) is 5.91 Å². The first-order chi connectivity index (χ1) is 13.9. The van der Waals surface area contributed by atoms with Crippen LogP contribution in [-0.2, 0) is 9.53 Å². The van der Waals surface area contributed by atoms with Crippen LogP contribution < -0.4 is 14.8 Å². The number of hydrogen-bond acceptors (Lipinski definition) is 5. The maximum atomic E-state index is 12.4. The number of amides is 1. The van der Waals surface area contributed by atoms with E-state index in [4.69, 9.17) is 14.2 Å². The van der Waals surface area contributed by atoms with Crippen molar-refractivity contribution in [2.75, 3.05) is 20.3 Å². The molecular weight excluding hydrogens is 370 g/mol. The molecule has 0 aromatic heterocycles. The molecule has 0 bridgehead atoms. The third kappa shape index (κ3) is 6.82. The fourth-order valence-electron chi connectivity index (χ4n) is 2.95. The van der Waals surface area contributed by atoms with Crippen LogP contribution in [0.5, 0.6) is 11.5 Å². The normalized spacial score (nSPS) is 11.6. The minimum atomic E-state index is -0.596. The first-order valence-electron chi connectivity index (χ1n) is 9.76. The van der Waals surface area contributed by atoms with Gasteiger partial charge in [0.1, 0.15) is 0 Å². The van der Waals surface area contributed by atoms with Crippen LogP contribution in [0, 0.1) is 5.92 Å². The molecule has 0 saturated carbocycles. The van der Waals surface area contributed by atoms with Crippen LogP contribution in [0.25, 0.3) is 0 Å². The number of hydrogen-bond donors (Lipinski definition) is 1. The average Bonchev–Trinajstić information content (AvgIpc) is 2.72. The zero-order valence-electron chi connectivity index (χ0n) is 17.4. The van der Waals surface area contributed by atoms with Gasteiger partial charge in [-0.25, -0.2) is 4.79 Å². The van der Waals surface area contributed by atoms with E-state index in [-0.39, 0.29) is 18.6 Å². The summed E-state index contributed by atoms with van der Waals surface area (Å²) in [5.41, 5.74) is 1.32. The minimum absolute atomic E-state index is 0.132. The lowest BCUT2D eigenvalue weighted by Gasteiger charge is -2.21. The summed E-state index contributed by atoms with van der Waals surface area (Å²) >= 11 is 0. The first kappa shape index (κ1) is 22.3. The van der Waals surface area contributed by atoms with Crippen molar-refractivity contribution in [1.82, 2.24) is 5.32 Å². The minimum Gasteiger partial charge on any atom is -0.493 e. The van der Waals surface area contributed by atoms with Gasteiger partial charge in [0.05, 0.1) is 25.3 Å². The Morgan fingerprint density at radius 2 is 1.76 bits per heavy atom. The predicted molar refractivity (Wildman–Crippen MR) is 111 cm³/mol. The van der Waals surface area contributed by atoms with E-state index in [1.54, 1.807) is 12.1 Å². The van der Waals surface area contributed by atoms with Crippen molar-refractivity contribution in [1.29, 1.82) is 0 Å². The van der Waals surface area contributed by atoms with Gasteiger partial charge in [0.2, 0.25) is 0 Å². The van der Waals surface area contributed by atoms with Crippen molar-refractivity contribution in [3.63, 3.8) is 0 Å². The van der Waals surface area contributed by atoms with Gasteiger partial charge in [-0.3, -0.25) is 4.79 Å². The van der Waals surface area contributed by atoms with Crippen LogP contribution in [0.15, 0.2) is 48.5 Å². The van der Waals surface area contributed by atoms with Crippen LogP contribution in [0.3, 0.4) is 0 Å². The summed E-state index contributed by atoms with van der Waals surface area (Å²) < 4.78 is 15.9. The Kier molecular flexibility index (Phi) is 8.52. The molecule has 0 fully saturated rings. The molecule has 0 saturated heterocycles. The number of nitrogens with one attached hydrogen (secondary N) is 1. The molecule has 2 aromatic rings. The molecule has 1 N–H and O–H groups in total. The van der Waals surface area contributed by atoms with Gasteiger partial charge < -0.3 is 19.5 Å². The van der Waals surface area contributed by atoms with Gasteiger partial charge >= 0.3 is 5.97 Å². The van der Waals surface area contributed by atoms with E-state index in [1.165, 1.54) is 13.2 Å². The number of carbonyl (C=O) groups excluding carboxylic acids is 2. The van der Waals surface area contributed by atoms with Crippen LogP contribution >= 0.6 is 0 Å². The molecule has 2 rings (SSSR count). The molecule has 0 aliphatic rings. The van der Waals surface area contributed by atoms with E-state index in [2.05, 4.69) is 19.2 Å². The molecule has 0 radical (unpaired) electrons. The molecular formula is C23H29NO5. The van der Waals surface area contributed by atoms with Crippen molar-refractivity contribution in [2.45, 2.75) is 33.2 Å². The predicted octanol–water partition coefficient (Wildman–Crippen LogP) is 4.15. The van der Waals surface area contributed by atoms with Crippen LogP contribution in [0.2, 0.25) is 0 Å². The topological polar surface area (TPSA) is 73.9 Å².